The van der Waals surface area contributed by atoms with Crippen LogP contribution in [0.4, 0.5) is 18.9 Å². The molecule has 0 spiro atoms. The number of ether oxygens (including phenoxy) is 2. The molecule has 0 aliphatic carbocycles. The van der Waals surface area contributed by atoms with Gasteiger partial charge in [0.1, 0.15) is 18.0 Å². The second-order valence-electron chi connectivity index (χ2n) is 8.40. The van der Waals surface area contributed by atoms with E-state index in [1.165, 1.54) is 24.5 Å². The average Bonchev–Trinajstić information content (AvgIpc) is 3.01. The molecule has 0 bridgehead atoms. The van der Waals surface area contributed by atoms with Gasteiger partial charge in [-0.1, -0.05) is 19.1 Å². The van der Waals surface area contributed by atoms with Crippen molar-refractivity contribution in [2.45, 2.75) is 50.7 Å². The molecule has 0 saturated carbocycles. The molecule has 1 aliphatic heterocycles. The predicted octanol–water partition coefficient (Wildman–Crippen LogP) is 3.07. The molecule has 33 heavy (non-hydrogen) atoms. The van der Waals surface area contributed by atoms with Crippen molar-refractivity contribution in [1.29, 1.82) is 0 Å². The first-order valence-corrected chi connectivity index (χ1v) is 10.2. The number of anilines is 1. The highest BCUT2D eigenvalue weighted by Gasteiger charge is 2.52. The monoisotopic (exact) mass is 469 g/mol. The standard InChI is InChI=1S/C22H26F3N3O5/c1-11-16(13-6-5-7-14(17(13)32-4)22(23,24)25)18(33-21(11,2)3)20(31)28-12-8-26-19(27-9-12)15(30)10-29/h5-9,11,15-16,18,29-30H,10H2,1-4H3,(H,28,31)/t11-,15-,16-,18+/m0/s1. The van der Waals surface area contributed by atoms with E-state index in [1.54, 1.807) is 13.8 Å². The van der Waals surface area contributed by atoms with Gasteiger partial charge < -0.3 is 25.0 Å². The molecule has 4 atom stereocenters. The number of rotatable bonds is 6. The molecule has 3 rings (SSSR count). The van der Waals surface area contributed by atoms with E-state index >= 15 is 0 Å². The molecule has 180 valence electrons. The molecule has 11 heteroatoms. The summed E-state index contributed by atoms with van der Waals surface area (Å²) >= 11 is 0. The molecule has 3 N–H and O–H groups in total. The smallest absolute Gasteiger partial charge is 0.419 e. The fraction of sp³-hybridized carbons (Fsp3) is 0.500. The van der Waals surface area contributed by atoms with Gasteiger partial charge in [0.05, 0.1) is 43.0 Å². The second kappa shape index (κ2) is 9.24. The minimum atomic E-state index is -4.63. The predicted molar refractivity (Wildman–Crippen MR) is 112 cm³/mol. The minimum Gasteiger partial charge on any atom is -0.496 e. The van der Waals surface area contributed by atoms with Gasteiger partial charge in [-0.2, -0.15) is 13.2 Å². The zero-order valence-electron chi connectivity index (χ0n) is 18.6. The molecule has 1 amide bonds. The van der Waals surface area contributed by atoms with E-state index in [0.29, 0.717) is 0 Å². The highest BCUT2D eigenvalue weighted by atomic mass is 19.4. The summed E-state index contributed by atoms with van der Waals surface area (Å²) in [4.78, 5) is 20.9. The lowest BCUT2D eigenvalue weighted by molar-refractivity contribution is -0.138. The number of carbonyl (C=O) groups excluding carboxylic acids is 1. The van der Waals surface area contributed by atoms with Crippen LogP contribution in [0.15, 0.2) is 30.6 Å². The number of halogens is 3. The van der Waals surface area contributed by atoms with Crippen molar-refractivity contribution in [1.82, 2.24) is 9.97 Å². The Morgan fingerprint density at radius 1 is 1.30 bits per heavy atom. The fourth-order valence-corrected chi connectivity index (χ4v) is 3.99. The Labute approximate surface area is 188 Å². The van der Waals surface area contributed by atoms with E-state index in [2.05, 4.69) is 15.3 Å². The lowest BCUT2D eigenvalue weighted by Gasteiger charge is -2.26. The number of aromatic nitrogens is 2. The average molecular weight is 469 g/mol. The van der Waals surface area contributed by atoms with Crippen LogP contribution in [0.1, 0.15) is 49.7 Å². The molecule has 8 nitrogen and oxygen atoms in total. The molecule has 2 heterocycles. The number of benzene rings is 1. The molecule has 1 aliphatic rings. The molecular weight excluding hydrogens is 443 g/mol. The molecular formula is C22H26F3N3O5. The first kappa shape index (κ1) is 24.9. The Bertz CT molecular complexity index is 998. The van der Waals surface area contributed by atoms with Gasteiger partial charge in [-0.25, -0.2) is 9.97 Å². The molecule has 0 radical (unpaired) electrons. The summed E-state index contributed by atoms with van der Waals surface area (Å²) in [5.41, 5.74) is -1.31. The maximum absolute atomic E-state index is 13.6. The van der Waals surface area contributed by atoms with Gasteiger partial charge >= 0.3 is 6.18 Å². The van der Waals surface area contributed by atoms with Crippen LogP contribution in [0.3, 0.4) is 0 Å². The zero-order chi connectivity index (χ0) is 24.6. The first-order valence-electron chi connectivity index (χ1n) is 10.2. The maximum Gasteiger partial charge on any atom is 0.419 e. The van der Waals surface area contributed by atoms with Crippen molar-refractivity contribution in [2.75, 3.05) is 19.0 Å². The zero-order valence-corrected chi connectivity index (χ0v) is 18.6. The first-order chi connectivity index (χ1) is 15.4. The lowest BCUT2D eigenvalue weighted by Crippen LogP contribution is -2.33. The number of amides is 1. The van der Waals surface area contributed by atoms with E-state index < -0.39 is 48.0 Å². The molecule has 1 fully saturated rings. The van der Waals surface area contributed by atoms with Gasteiger partial charge in [0, 0.05) is 11.5 Å². The van der Waals surface area contributed by atoms with Crippen LogP contribution in [0, 0.1) is 5.92 Å². The number of nitrogens with one attached hydrogen (secondary N) is 1. The summed E-state index contributed by atoms with van der Waals surface area (Å²) in [5, 5.41) is 21.2. The topological polar surface area (TPSA) is 114 Å². The van der Waals surface area contributed by atoms with Crippen molar-refractivity contribution in [3.8, 4) is 5.75 Å². The Kier molecular flexibility index (Phi) is 6.96. The van der Waals surface area contributed by atoms with Crippen LogP contribution in [0.5, 0.6) is 5.75 Å². The summed E-state index contributed by atoms with van der Waals surface area (Å²) in [6.45, 7) is 4.79. The van der Waals surface area contributed by atoms with Crippen molar-refractivity contribution in [2.24, 2.45) is 5.92 Å². The van der Waals surface area contributed by atoms with Crippen molar-refractivity contribution < 1.29 is 37.7 Å². The molecule has 1 aromatic carbocycles. The Hall–Kier alpha value is -2.76. The number of alkyl halides is 3. The van der Waals surface area contributed by atoms with E-state index in [4.69, 9.17) is 14.6 Å². The number of nitrogens with zero attached hydrogens (tertiary/aromatic N) is 2. The summed E-state index contributed by atoms with van der Waals surface area (Å²) in [5.74, 6) is -2.01. The quantitative estimate of drug-likeness (QED) is 0.596. The maximum atomic E-state index is 13.6. The number of hydrogen-bond acceptors (Lipinski definition) is 7. The number of hydrogen-bond donors (Lipinski definition) is 3. The number of carbonyl (C=O) groups is 1. The Morgan fingerprint density at radius 2 is 1.94 bits per heavy atom. The largest absolute Gasteiger partial charge is 0.496 e. The number of para-hydroxylation sites is 1. The normalized spacial score (nSPS) is 23.2. The van der Waals surface area contributed by atoms with Crippen molar-refractivity contribution >= 4 is 11.6 Å². The third-order valence-electron chi connectivity index (χ3n) is 5.98. The van der Waals surface area contributed by atoms with Crippen LogP contribution < -0.4 is 10.1 Å². The minimum absolute atomic E-state index is 0.0195. The highest BCUT2D eigenvalue weighted by Crippen LogP contribution is 2.50. The third-order valence-corrected chi connectivity index (χ3v) is 5.98. The Balaban J connectivity index is 1.96. The second-order valence-corrected chi connectivity index (χ2v) is 8.40. The number of methoxy groups -OCH3 is 1. The molecule has 2 aromatic rings. The van der Waals surface area contributed by atoms with E-state index in [1.807, 2.05) is 6.92 Å². The van der Waals surface area contributed by atoms with Gasteiger partial charge in [0.25, 0.3) is 5.91 Å². The van der Waals surface area contributed by atoms with Crippen molar-refractivity contribution in [3.63, 3.8) is 0 Å². The van der Waals surface area contributed by atoms with E-state index in [0.717, 1.165) is 13.2 Å². The molecule has 1 aromatic heterocycles. The van der Waals surface area contributed by atoms with Gasteiger partial charge in [0.2, 0.25) is 0 Å². The summed E-state index contributed by atoms with van der Waals surface area (Å²) in [6.07, 6.45) is -4.50. The van der Waals surface area contributed by atoms with Crippen LogP contribution in [-0.4, -0.2) is 51.5 Å². The molecule has 0 unspecified atom stereocenters. The van der Waals surface area contributed by atoms with Crippen LogP contribution in [0.25, 0.3) is 0 Å². The van der Waals surface area contributed by atoms with Gasteiger partial charge in [-0.3, -0.25) is 4.79 Å². The van der Waals surface area contributed by atoms with Crippen LogP contribution in [-0.2, 0) is 15.7 Å². The lowest BCUT2D eigenvalue weighted by atomic mass is 9.77. The van der Waals surface area contributed by atoms with E-state index in [9.17, 15) is 23.1 Å². The van der Waals surface area contributed by atoms with E-state index in [-0.39, 0.29) is 28.7 Å². The van der Waals surface area contributed by atoms with Crippen molar-refractivity contribution in [3.05, 3.63) is 47.5 Å². The van der Waals surface area contributed by atoms with Gasteiger partial charge in [0.15, 0.2) is 5.82 Å². The fourth-order valence-electron chi connectivity index (χ4n) is 3.99. The Morgan fingerprint density at radius 3 is 2.48 bits per heavy atom. The summed E-state index contributed by atoms with van der Waals surface area (Å²) in [7, 11) is 1.16. The number of aliphatic hydroxyl groups is 2. The van der Waals surface area contributed by atoms with Crippen LogP contribution >= 0.6 is 0 Å². The third kappa shape index (κ3) is 4.94. The highest BCUT2D eigenvalue weighted by molar-refractivity contribution is 5.95. The molecule has 1 saturated heterocycles. The summed E-state index contributed by atoms with van der Waals surface area (Å²) < 4.78 is 51.9. The van der Waals surface area contributed by atoms with Gasteiger partial charge in [-0.15, -0.1) is 0 Å². The van der Waals surface area contributed by atoms with Crippen LogP contribution in [0.2, 0.25) is 0 Å². The van der Waals surface area contributed by atoms with Gasteiger partial charge in [-0.05, 0) is 25.8 Å². The number of aliphatic hydroxyl groups excluding tert-OH is 2. The summed E-state index contributed by atoms with van der Waals surface area (Å²) in [6, 6.07) is 3.73. The SMILES string of the molecule is COc1c([C@H]2[C@H](C(=O)Nc3cnc([C@@H](O)CO)nc3)OC(C)(C)[C@H]2C)cccc1C(F)(F)F.